The Morgan fingerprint density at radius 3 is 2.29 bits per heavy atom. The van der Waals surface area contributed by atoms with Crippen molar-refractivity contribution in [3.8, 4) is 5.75 Å². The predicted octanol–water partition coefficient (Wildman–Crippen LogP) is 4.31. The van der Waals surface area contributed by atoms with E-state index >= 15 is 0 Å². The summed E-state index contributed by atoms with van der Waals surface area (Å²) in [5, 5.41) is 13.4. The molecule has 0 aromatic heterocycles. The van der Waals surface area contributed by atoms with Gasteiger partial charge in [0.15, 0.2) is 0 Å². The van der Waals surface area contributed by atoms with Gasteiger partial charge in [-0.05, 0) is 25.5 Å². The van der Waals surface area contributed by atoms with Crippen molar-refractivity contribution in [1.29, 1.82) is 0 Å². The van der Waals surface area contributed by atoms with Crippen LogP contribution in [0.4, 0.5) is 5.69 Å². The molecule has 0 heterocycles. The Hall–Kier alpha value is -2.00. The Labute approximate surface area is 126 Å². The third kappa shape index (κ3) is 3.56. The lowest BCUT2D eigenvalue weighted by molar-refractivity contribution is 0.200. The minimum atomic E-state index is -0.496. The number of para-hydroxylation sites is 2. The highest BCUT2D eigenvalue weighted by Crippen LogP contribution is 2.32. The van der Waals surface area contributed by atoms with Crippen molar-refractivity contribution in [2.75, 3.05) is 12.4 Å². The summed E-state index contributed by atoms with van der Waals surface area (Å²) in [6.45, 7) is 3.92. The van der Waals surface area contributed by atoms with Crippen LogP contribution in [-0.2, 0) is 0 Å². The number of nitrogens with one attached hydrogen (secondary N) is 1. The summed E-state index contributed by atoms with van der Waals surface area (Å²) in [5.74, 6) is 0.881. The molecule has 0 saturated heterocycles. The fourth-order valence-corrected chi connectivity index (χ4v) is 2.53. The number of hydrogen-bond donors (Lipinski definition) is 2. The molecule has 2 aromatic carbocycles. The summed E-state index contributed by atoms with van der Waals surface area (Å²) in [5.41, 5.74) is 3.00. The van der Waals surface area contributed by atoms with Gasteiger partial charge in [0.25, 0.3) is 0 Å². The molecule has 0 aliphatic heterocycles. The van der Waals surface area contributed by atoms with E-state index in [1.165, 1.54) is 0 Å². The monoisotopic (exact) mass is 285 g/mol. The minimum Gasteiger partial charge on any atom is -0.496 e. The lowest BCUT2D eigenvalue weighted by Crippen LogP contribution is -2.13. The van der Waals surface area contributed by atoms with Crippen LogP contribution in [0, 0.1) is 0 Å². The van der Waals surface area contributed by atoms with E-state index < -0.39 is 6.10 Å². The summed E-state index contributed by atoms with van der Waals surface area (Å²) in [6, 6.07) is 16.0. The third-order valence-electron chi connectivity index (χ3n) is 3.66. The molecule has 0 amide bonds. The Balaban J connectivity index is 2.32. The van der Waals surface area contributed by atoms with Gasteiger partial charge in [0.1, 0.15) is 5.75 Å². The SMILES string of the molecule is CCC(Nc1ccccc1C(C)O)c1ccccc1OC. The van der Waals surface area contributed by atoms with Gasteiger partial charge in [-0.2, -0.15) is 0 Å². The van der Waals surface area contributed by atoms with Gasteiger partial charge in [-0.25, -0.2) is 0 Å². The molecule has 0 fully saturated rings. The quantitative estimate of drug-likeness (QED) is 0.831. The number of methoxy groups -OCH3 is 1. The average Bonchev–Trinajstić information content (AvgIpc) is 2.52. The van der Waals surface area contributed by atoms with Crippen LogP contribution in [0.3, 0.4) is 0 Å². The second-order valence-electron chi connectivity index (χ2n) is 5.11. The number of hydrogen-bond acceptors (Lipinski definition) is 3. The number of ether oxygens (including phenoxy) is 1. The summed E-state index contributed by atoms with van der Waals surface area (Å²) in [6.07, 6.45) is 0.429. The number of rotatable bonds is 6. The third-order valence-corrected chi connectivity index (χ3v) is 3.66. The van der Waals surface area contributed by atoms with Gasteiger partial charge >= 0.3 is 0 Å². The van der Waals surface area contributed by atoms with Crippen LogP contribution in [0.5, 0.6) is 5.75 Å². The Kier molecular flexibility index (Phi) is 5.23. The maximum Gasteiger partial charge on any atom is 0.124 e. The molecule has 2 N–H and O–H groups in total. The van der Waals surface area contributed by atoms with Crippen LogP contribution in [0.25, 0.3) is 0 Å². The highest BCUT2D eigenvalue weighted by atomic mass is 16.5. The molecule has 0 aliphatic rings. The number of anilines is 1. The molecule has 2 rings (SSSR count). The molecule has 0 saturated carbocycles. The second-order valence-corrected chi connectivity index (χ2v) is 5.11. The molecule has 0 radical (unpaired) electrons. The largest absolute Gasteiger partial charge is 0.496 e. The summed E-state index contributed by atoms with van der Waals surface area (Å²) < 4.78 is 5.45. The zero-order valence-electron chi connectivity index (χ0n) is 12.8. The number of aliphatic hydroxyl groups excluding tert-OH is 1. The van der Waals surface area contributed by atoms with Crippen LogP contribution >= 0.6 is 0 Å². The molecule has 2 unspecified atom stereocenters. The number of aliphatic hydroxyl groups is 1. The van der Waals surface area contributed by atoms with Crippen molar-refractivity contribution in [1.82, 2.24) is 0 Å². The fraction of sp³-hybridized carbons (Fsp3) is 0.333. The van der Waals surface area contributed by atoms with Crippen molar-refractivity contribution in [2.45, 2.75) is 32.4 Å². The zero-order chi connectivity index (χ0) is 15.2. The first-order valence-electron chi connectivity index (χ1n) is 7.33. The Bertz CT molecular complexity index is 581. The standard InChI is InChI=1S/C18H23NO2/c1-4-16(15-10-6-8-12-18(15)21-3)19-17-11-7-5-9-14(17)13(2)20/h5-13,16,19-20H,4H2,1-3H3. The van der Waals surface area contributed by atoms with Crippen LogP contribution < -0.4 is 10.1 Å². The maximum absolute atomic E-state index is 9.90. The summed E-state index contributed by atoms with van der Waals surface area (Å²) in [4.78, 5) is 0. The fourth-order valence-electron chi connectivity index (χ4n) is 2.53. The van der Waals surface area contributed by atoms with Crippen molar-refractivity contribution in [3.05, 3.63) is 59.7 Å². The van der Waals surface area contributed by atoms with E-state index in [0.717, 1.165) is 29.0 Å². The molecule has 3 heteroatoms. The van der Waals surface area contributed by atoms with Crippen LogP contribution in [-0.4, -0.2) is 12.2 Å². The highest BCUT2D eigenvalue weighted by Gasteiger charge is 2.16. The van der Waals surface area contributed by atoms with E-state index in [-0.39, 0.29) is 6.04 Å². The zero-order valence-corrected chi connectivity index (χ0v) is 12.8. The highest BCUT2D eigenvalue weighted by molar-refractivity contribution is 5.54. The van der Waals surface area contributed by atoms with Gasteiger partial charge in [0, 0.05) is 16.8 Å². The Morgan fingerprint density at radius 1 is 1.05 bits per heavy atom. The average molecular weight is 285 g/mol. The summed E-state index contributed by atoms with van der Waals surface area (Å²) >= 11 is 0. The smallest absolute Gasteiger partial charge is 0.124 e. The van der Waals surface area contributed by atoms with Gasteiger partial charge in [-0.15, -0.1) is 0 Å². The molecule has 21 heavy (non-hydrogen) atoms. The van der Waals surface area contributed by atoms with Crippen molar-refractivity contribution < 1.29 is 9.84 Å². The number of benzene rings is 2. The molecule has 0 aliphatic carbocycles. The topological polar surface area (TPSA) is 41.5 Å². The first-order chi connectivity index (χ1) is 10.2. The molecule has 112 valence electrons. The van der Waals surface area contributed by atoms with E-state index in [4.69, 9.17) is 4.74 Å². The van der Waals surface area contributed by atoms with Gasteiger partial charge < -0.3 is 15.2 Å². The Morgan fingerprint density at radius 2 is 1.67 bits per heavy atom. The first-order valence-corrected chi connectivity index (χ1v) is 7.33. The molecule has 2 atom stereocenters. The molecule has 0 bridgehead atoms. The van der Waals surface area contributed by atoms with E-state index in [9.17, 15) is 5.11 Å². The predicted molar refractivity (Wildman–Crippen MR) is 86.7 cm³/mol. The molecular weight excluding hydrogens is 262 g/mol. The lowest BCUT2D eigenvalue weighted by atomic mass is 10.0. The van der Waals surface area contributed by atoms with Gasteiger partial charge in [-0.1, -0.05) is 43.3 Å². The van der Waals surface area contributed by atoms with E-state index in [1.54, 1.807) is 14.0 Å². The van der Waals surface area contributed by atoms with Crippen LogP contribution in [0.1, 0.15) is 43.5 Å². The maximum atomic E-state index is 9.90. The molecule has 0 spiro atoms. The first kappa shape index (κ1) is 15.4. The van der Waals surface area contributed by atoms with Crippen LogP contribution in [0.2, 0.25) is 0 Å². The molecular formula is C18H23NO2. The molecule has 3 nitrogen and oxygen atoms in total. The van der Waals surface area contributed by atoms with Crippen molar-refractivity contribution >= 4 is 5.69 Å². The van der Waals surface area contributed by atoms with E-state index in [1.807, 2.05) is 42.5 Å². The van der Waals surface area contributed by atoms with Crippen LogP contribution in [0.15, 0.2) is 48.5 Å². The van der Waals surface area contributed by atoms with Gasteiger partial charge in [0.2, 0.25) is 0 Å². The van der Waals surface area contributed by atoms with Gasteiger partial charge in [-0.3, -0.25) is 0 Å². The normalized spacial score (nSPS) is 13.5. The minimum absolute atomic E-state index is 0.140. The summed E-state index contributed by atoms with van der Waals surface area (Å²) in [7, 11) is 1.69. The molecule has 2 aromatic rings. The second kappa shape index (κ2) is 7.14. The van der Waals surface area contributed by atoms with Gasteiger partial charge in [0.05, 0.1) is 19.3 Å². The van der Waals surface area contributed by atoms with Crippen molar-refractivity contribution in [3.63, 3.8) is 0 Å². The van der Waals surface area contributed by atoms with E-state index in [2.05, 4.69) is 18.3 Å². The van der Waals surface area contributed by atoms with E-state index in [0.29, 0.717) is 0 Å². The lowest BCUT2D eigenvalue weighted by Gasteiger charge is -2.23. The van der Waals surface area contributed by atoms with Crippen molar-refractivity contribution in [2.24, 2.45) is 0 Å².